The van der Waals surface area contributed by atoms with E-state index in [1.807, 2.05) is 36.4 Å². The molecule has 1 heterocycles. The van der Waals surface area contributed by atoms with Gasteiger partial charge in [-0.1, -0.05) is 66.7 Å². The molecule has 0 spiro atoms. The van der Waals surface area contributed by atoms with E-state index in [1.54, 1.807) is 59.5 Å². The summed E-state index contributed by atoms with van der Waals surface area (Å²) in [7, 11) is -3.59. The van der Waals surface area contributed by atoms with Gasteiger partial charge in [0.15, 0.2) is 0 Å². The molecule has 1 saturated heterocycles. The number of sulfonamides is 1. The van der Waals surface area contributed by atoms with Crippen LogP contribution < -0.4 is 5.32 Å². The first kappa shape index (κ1) is 23.7. The summed E-state index contributed by atoms with van der Waals surface area (Å²) in [6.45, 7) is 1.07. The second-order valence-electron chi connectivity index (χ2n) is 8.10. The molecule has 1 atom stereocenters. The van der Waals surface area contributed by atoms with Gasteiger partial charge in [0.05, 0.1) is 17.4 Å². The van der Waals surface area contributed by atoms with Crippen molar-refractivity contribution in [2.24, 2.45) is 0 Å². The maximum Gasteiger partial charge on any atom is 0.251 e. The molecule has 0 aromatic heterocycles. The lowest BCUT2D eigenvalue weighted by molar-refractivity contribution is -0.132. The minimum Gasteiger partial charge on any atom is -0.345 e. The normalized spacial score (nSPS) is 15.5. The maximum absolute atomic E-state index is 13.1. The number of hydrogen-bond donors (Lipinski definition) is 1. The lowest BCUT2D eigenvalue weighted by Gasteiger charge is -2.34. The van der Waals surface area contributed by atoms with Crippen LogP contribution >= 0.6 is 0 Å². The number of rotatable bonds is 7. The lowest BCUT2D eigenvalue weighted by atomic mass is 10.0. The largest absolute Gasteiger partial charge is 0.345 e. The van der Waals surface area contributed by atoms with E-state index < -0.39 is 16.1 Å². The first-order valence-corrected chi connectivity index (χ1v) is 12.6. The van der Waals surface area contributed by atoms with E-state index in [-0.39, 0.29) is 36.2 Å². The summed E-state index contributed by atoms with van der Waals surface area (Å²) in [5.41, 5.74) is 1.36. The number of carbonyl (C=O) groups is 2. The predicted molar refractivity (Wildman–Crippen MR) is 129 cm³/mol. The summed E-state index contributed by atoms with van der Waals surface area (Å²) in [5, 5.41) is 2.98. The van der Waals surface area contributed by atoms with E-state index in [4.69, 9.17) is 0 Å². The van der Waals surface area contributed by atoms with Crippen LogP contribution in [0.2, 0.25) is 0 Å². The molecule has 0 aliphatic carbocycles. The van der Waals surface area contributed by atoms with Crippen LogP contribution in [0.15, 0.2) is 95.9 Å². The zero-order valence-electron chi connectivity index (χ0n) is 18.7. The second-order valence-corrected chi connectivity index (χ2v) is 10.0. The van der Waals surface area contributed by atoms with Gasteiger partial charge in [0.2, 0.25) is 15.9 Å². The van der Waals surface area contributed by atoms with Gasteiger partial charge in [0.1, 0.15) is 0 Å². The zero-order chi connectivity index (χ0) is 24.0. The third kappa shape index (κ3) is 5.52. The van der Waals surface area contributed by atoms with E-state index in [2.05, 4.69) is 5.32 Å². The van der Waals surface area contributed by atoms with Crippen LogP contribution in [0, 0.1) is 0 Å². The Hall–Kier alpha value is -3.49. The summed E-state index contributed by atoms with van der Waals surface area (Å²) in [6, 6.07) is 26.1. The number of benzene rings is 3. The Balaban J connectivity index is 1.42. The quantitative estimate of drug-likeness (QED) is 0.567. The molecule has 1 aliphatic rings. The van der Waals surface area contributed by atoms with Crippen molar-refractivity contribution in [3.05, 3.63) is 102 Å². The molecule has 176 valence electrons. The van der Waals surface area contributed by atoms with Crippen LogP contribution in [0.5, 0.6) is 0 Å². The molecular weight excluding hydrogens is 450 g/mol. The minimum absolute atomic E-state index is 0.0913. The van der Waals surface area contributed by atoms with Gasteiger partial charge < -0.3 is 10.2 Å². The lowest BCUT2D eigenvalue weighted by Crippen LogP contribution is -2.51. The smallest absolute Gasteiger partial charge is 0.251 e. The van der Waals surface area contributed by atoms with Gasteiger partial charge in [-0.3, -0.25) is 9.59 Å². The first-order valence-electron chi connectivity index (χ1n) is 11.2. The average Bonchev–Trinajstić information content (AvgIpc) is 2.90. The third-order valence-electron chi connectivity index (χ3n) is 5.89. The van der Waals surface area contributed by atoms with E-state index >= 15 is 0 Å². The molecule has 0 saturated carbocycles. The molecule has 34 heavy (non-hydrogen) atoms. The molecular formula is C26H27N3O4S. The van der Waals surface area contributed by atoms with Gasteiger partial charge in [-0.05, 0) is 29.8 Å². The van der Waals surface area contributed by atoms with Crippen LogP contribution in [-0.2, 0) is 14.8 Å². The van der Waals surface area contributed by atoms with E-state index in [0.717, 1.165) is 5.56 Å². The summed E-state index contributed by atoms with van der Waals surface area (Å²) in [6.07, 6.45) is 0.0913. The fourth-order valence-electron chi connectivity index (χ4n) is 3.99. The number of piperazine rings is 1. The standard InChI is InChI=1S/C26H27N3O4S/c30-25(28-16-18-29(19-17-28)34(32,33)23-14-8-3-9-15-23)20-24(21-10-4-1-5-11-21)27-26(31)22-12-6-2-7-13-22/h1-15,24H,16-20H2,(H,27,31)/t24-/m0/s1. The predicted octanol–water partition coefficient (Wildman–Crippen LogP) is 3.08. The molecule has 1 N–H and O–H groups in total. The van der Waals surface area contributed by atoms with Gasteiger partial charge in [-0.15, -0.1) is 0 Å². The van der Waals surface area contributed by atoms with Gasteiger partial charge in [0, 0.05) is 31.7 Å². The van der Waals surface area contributed by atoms with Gasteiger partial charge in [-0.25, -0.2) is 8.42 Å². The molecule has 3 aromatic rings. The fraction of sp³-hybridized carbons (Fsp3) is 0.231. The van der Waals surface area contributed by atoms with Crippen molar-refractivity contribution < 1.29 is 18.0 Å². The monoisotopic (exact) mass is 477 g/mol. The summed E-state index contributed by atoms with van der Waals surface area (Å²) in [4.78, 5) is 27.8. The van der Waals surface area contributed by atoms with Crippen molar-refractivity contribution in [2.75, 3.05) is 26.2 Å². The average molecular weight is 478 g/mol. The van der Waals surface area contributed by atoms with Crippen molar-refractivity contribution in [3.8, 4) is 0 Å². The Morgan fingerprint density at radius 3 is 1.88 bits per heavy atom. The molecule has 1 aliphatic heterocycles. The van der Waals surface area contributed by atoms with E-state index in [9.17, 15) is 18.0 Å². The Labute approximate surface area is 200 Å². The van der Waals surface area contributed by atoms with E-state index in [1.165, 1.54) is 4.31 Å². The number of carbonyl (C=O) groups excluding carboxylic acids is 2. The molecule has 3 aromatic carbocycles. The van der Waals surface area contributed by atoms with Crippen LogP contribution in [-0.4, -0.2) is 55.6 Å². The molecule has 1 fully saturated rings. The van der Waals surface area contributed by atoms with Crippen molar-refractivity contribution in [1.29, 1.82) is 0 Å². The highest BCUT2D eigenvalue weighted by molar-refractivity contribution is 7.89. The number of nitrogens with one attached hydrogen (secondary N) is 1. The molecule has 0 bridgehead atoms. The molecule has 0 unspecified atom stereocenters. The number of amides is 2. The molecule has 0 radical (unpaired) electrons. The zero-order valence-corrected chi connectivity index (χ0v) is 19.5. The van der Waals surface area contributed by atoms with Gasteiger partial charge in [-0.2, -0.15) is 4.31 Å². The second kappa shape index (κ2) is 10.6. The van der Waals surface area contributed by atoms with Crippen molar-refractivity contribution in [2.45, 2.75) is 17.4 Å². The number of hydrogen-bond acceptors (Lipinski definition) is 4. The Bertz CT molecular complexity index is 1210. The van der Waals surface area contributed by atoms with Gasteiger partial charge in [0.25, 0.3) is 5.91 Å². The Morgan fingerprint density at radius 1 is 0.765 bits per heavy atom. The van der Waals surface area contributed by atoms with Crippen molar-refractivity contribution in [3.63, 3.8) is 0 Å². The topological polar surface area (TPSA) is 86.8 Å². The minimum atomic E-state index is -3.59. The highest BCUT2D eigenvalue weighted by atomic mass is 32.2. The van der Waals surface area contributed by atoms with Crippen LogP contribution in [0.4, 0.5) is 0 Å². The van der Waals surface area contributed by atoms with Crippen LogP contribution in [0.1, 0.15) is 28.4 Å². The molecule has 4 rings (SSSR count). The van der Waals surface area contributed by atoms with E-state index in [0.29, 0.717) is 18.7 Å². The summed E-state index contributed by atoms with van der Waals surface area (Å²) < 4.78 is 27.1. The third-order valence-corrected chi connectivity index (χ3v) is 7.81. The Morgan fingerprint density at radius 2 is 1.29 bits per heavy atom. The first-order chi connectivity index (χ1) is 16.4. The SMILES string of the molecule is O=C(N[C@@H](CC(=O)N1CCN(S(=O)(=O)c2ccccc2)CC1)c1ccccc1)c1ccccc1. The number of nitrogens with zero attached hydrogens (tertiary/aromatic N) is 2. The molecule has 7 nitrogen and oxygen atoms in total. The van der Waals surface area contributed by atoms with Crippen LogP contribution in [0.25, 0.3) is 0 Å². The molecule has 8 heteroatoms. The summed E-state index contributed by atoms with van der Waals surface area (Å²) >= 11 is 0. The maximum atomic E-state index is 13.1. The molecule has 2 amide bonds. The van der Waals surface area contributed by atoms with Crippen molar-refractivity contribution >= 4 is 21.8 Å². The Kier molecular flexibility index (Phi) is 7.40. The van der Waals surface area contributed by atoms with Crippen LogP contribution in [0.3, 0.4) is 0 Å². The summed E-state index contributed by atoms with van der Waals surface area (Å²) in [5.74, 6) is -0.375. The van der Waals surface area contributed by atoms with Crippen molar-refractivity contribution in [1.82, 2.24) is 14.5 Å². The highest BCUT2D eigenvalue weighted by Crippen LogP contribution is 2.21. The fourth-order valence-corrected chi connectivity index (χ4v) is 5.44. The highest BCUT2D eigenvalue weighted by Gasteiger charge is 2.31. The van der Waals surface area contributed by atoms with Gasteiger partial charge >= 0.3 is 0 Å².